The molecule has 1 saturated carbocycles. The van der Waals surface area contributed by atoms with Gasteiger partial charge in [0, 0.05) is 12.5 Å². The number of hydrogen-bond acceptors (Lipinski definition) is 2. The summed E-state index contributed by atoms with van der Waals surface area (Å²) in [7, 11) is 0. The molecule has 1 aliphatic rings. The fourth-order valence-corrected chi connectivity index (χ4v) is 2.82. The van der Waals surface area contributed by atoms with Gasteiger partial charge < -0.3 is 10.8 Å². The van der Waals surface area contributed by atoms with Crippen LogP contribution in [0.4, 0.5) is 0 Å². The summed E-state index contributed by atoms with van der Waals surface area (Å²) >= 11 is 0. The van der Waals surface area contributed by atoms with E-state index < -0.39 is 5.97 Å². The second-order valence-electron chi connectivity index (χ2n) is 5.14. The van der Waals surface area contributed by atoms with E-state index in [1.807, 2.05) is 0 Å². The standard InChI is InChI=1S/C12H23NO2/c1-4-8(7(2)3)9(6-12(14)15)10-5-11(10)13/h7-11H,4-6,13H2,1-3H3,(H,14,15). The third-order valence-corrected chi connectivity index (χ3v) is 3.73. The van der Waals surface area contributed by atoms with Gasteiger partial charge in [-0.3, -0.25) is 4.79 Å². The maximum absolute atomic E-state index is 10.9. The van der Waals surface area contributed by atoms with Gasteiger partial charge in [-0.1, -0.05) is 27.2 Å². The molecule has 1 rings (SSSR count). The minimum atomic E-state index is -0.682. The number of rotatable bonds is 6. The molecule has 0 spiro atoms. The molecule has 0 saturated heterocycles. The molecule has 88 valence electrons. The van der Waals surface area contributed by atoms with Crippen LogP contribution in [-0.4, -0.2) is 17.1 Å². The summed E-state index contributed by atoms with van der Waals surface area (Å²) in [6, 6.07) is 0.252. The Morgan fingerprint density at radius 3 is 2.33 bits per heavy atom. The monoisotopic (exact) mass is 213 g/mol. The van der Waals surface area contributed by atoms with Gasteiger partial charge in [-0.25, -0.2) is 0 Å². The maximum Gasteiger partial charge on any atom is 0.303 e. The zero-order chi connectivity index (χ0) is 11.6. The number of hydrogen-bond donors (Lipinski definition) is 2. The van der Waals surface area contributed by atoms with Gasteiger partial charge in [-0.15, -0.1) is 0 Å². The van der Waals surface area contributed by atoms with Crippen LogP contribution in [0.1, 0.15) is 40.0 Å². The van der Waals surface area contributed by atoms with Crippen LogP contribution in [0, 0.1) is 23.7 Å². The second-order valence-corrected chi connectivity index (χ2v) is 5.14. The Labute approximate surface area is 92.0 Å². The molecule has 3 nitrogen and oxygen atoms in total. The van der Waals surface area contributed by atoms with Crippen LogP contribution >= 0.6 is 0 Å². The van der Waals surface area contributed by atoms with Gasteiger partial charge in [0.2, 0.25) is 0 Å². The highest BCUT2D eigenvalue weighted by molar-refractivity contribution is 5.67. The van der Waals surface area contributed by atoms with Crippen molar-refractivity contribution in [3.05, 3.63) is 0 Å². The van der Waals surface area contributed by atoms with E-state index in [0.717, 1.165) is 12.8 Å². The van der Waals surface area contributed by atoms with Crippen LogP contribution in [0.25, 0.3) is 0 Å². The van der Waals surface area contributed by atoms with Crippen molar-refractivity contribution in [1.82, 2.24) is 0 Å². The summed E-state index contributed by atoms with van der Waals surface area (Å²) in [5.74, 6) is 1.10. The predicted octanol–water partition coefficient (Wildman–Crippen LogP) is 2.11. The quantitative estimate of drug-likeness (QED) is 0.710. The van der Waals surface area contributed by atoms with Crippen molar-refractivity contribution in [3.8, 4) is 0 Å². The average Bonchev–Trinajstić information content (AvgIpc) is 2.80. The van der Waals surface area contributed by atoms with Crippen molar-refractivity contribution >= 4 is 5.97 Å². The van der Waals surface area contributed by atoms with Gasteiger partial charge in [-0.2, -0.15) is 0 Å². The van der Waals surface area contributed by atoms with Gasteiger partial charge in [0.05, 0.1) is 0 Å². The van der Waals surface area contributed by atoms with Crippen LogP contribution in [0.3, 0.4) is 0 Å². The largest absolute Gasteiger partial charge is 0.481 e. The molecule has 0 aromatic rings. The first-order valence-electron chi connectivity index (χ1n) is 5.94. The maximum atomic E-state index is 10.9. The van der Waals surface area contributed by atoms with Crippen molar-refractivity contribution in [2.75, 3.05) is 0 Å². The van der Waals surface area contributed by atoms with E-state index >= 15 is 0 Å². The number of carbonyl (C=O) groups is 1. The third-order valence-electron chi connectivity index (χ3n) is 3.73. The van der Waals surface area contributed by atoms with E-state index in [-0.39, 0.29) is 18.4 Å². The SMILES string of the molecule is CCC(C(C)C)C(CC(=O)O)C1CC1N. The minimum absolute atomic E-state index is 0.252. The minimum Gasteiger partial charge on any atom is -0.481 e. The van der Waals surface area contributed by atoms with E-state index in [0.29, 0.717) is 17.8 Å². The predicted molar refractivity (Wildman–Crippen MR) is 60.4 cm³/mol. The molecular formula is C12H23NO2. The highest BCUT2D eigenvalue weighted by Gasteiger charge is 2.44. The van der Waals surface area contributed by atoms with Gasteiger partial charge in [0.1, 0.15) is 0 Å². The molecule has 4 atom stereocenters. The average molecular weight is 213 g/mol. The number of carboxylic acid groups (broad SMARTS) is 1. The van der Waals surface area contributed by atoms with Crippen LogP contribution in [0.15, 0.2) is 0 Å². The topological polar surface area (TPSA) is 63.3 Å². The Morgan fingerprint density at radius 1 is 1.53 bits per heavy atom. The van der Waals surface area contributed by atoms with Crippen molar-refractivity contribution in [2.24, 2.45) is 29.4 Å². The van der Waals surface area contributed by atoms with E-state index in [2.05, 4.69) is 20.8 Å². The normalized spacial score (nSPS) is 28.9. The van der Waals surface area contributed by atoms with E-state index in [1.165, 1.54) is 0 Å². The highest BCUT2D eigenvalue weighted by atomic mass is 16.4. The fraction of sp³-hybridized carbons (Fsp3) is 0.917. The summed E-state index contributed by atoms with van der Waals surface area (Å²) in [5, 5.41) is 8.93. The lowest BCUT2D eigenvalue weighted by atomic mass is 9.77. The van der Waals surface area contributed by atoms with Crippen LogP contribution < -0.4 is 5.73 Å². The zero-order valence-corrected chi connectivity index (χ0v) is 9.94. The Kier molecular flexibility index (Phi) is 4.14. The number of carboxylic acids is 1. The molecule has 1 aliphatic carbocycles. The molecule has 15 heavy (non-hydrogen) atoms. The Morgan fingerprint density at radius 2 is 2.07 bits per heavy atom. The molecule has 3 N–H and O–H groups in total. The zero-order valence-electron chi connectivity index (χ0n) is 9.94. The smallest absolute Gasteiger partial charge is 0.303 e. The first-order valence-corrected chi connectivity index (χ1v) is 5.94. The van der Waals surface area contributed by atoms with Gasteiger partial charge >= 0.3 is 5.97 Å². The van der Waals surface area contributed by atoms with E-state index in [4.69, 9.17) is 10.8 Å². The van der Waals surface area contributed by atoms with Gasteiger partial charge in [0.25, 0.3) is 0 Å². The molecule has 0 aliphatic heterocycles. The number of aliphatic carboxylic acids is 1. The molecule has 0 radical (unpaired) electrons. The summed E-state index contributed by atoms with van der Waals surface area (Å²) in [6.07, 6.45) is 2.36. The van der Waals surface area contributed by atoms with Gasteiger partial charge in [0.15, 0.2) is 0 Å². The molecule has 0 bridgehead atoms. The molecule has 0 aromatic heterocycles. The molecule has 0 heterocycles. The molecule has 4 unspecified atom stereocenters. The van der Waals surface area contributed by atoms with Crippen LogP contribution in [0.2, 0.25) is 0 Å². The van der Waals surface area contributed by atoms with Crippen molar-refractivity contribution in [3.63, 3.8) is 0 Å². The van der Waals surface area contributed by atoms with Crippen molar-refractivity contribution in [1.29, 1.82) is 0 Å². The third kappa shape index (κ3) is 3.20. The Balaban J connectivity index is 2.65. The Hall–Kier alpha value is -0.570. The van der Waals surface area contributed by atoms with Crippen molar-refractivity contribution in [2.45, 2.75) is 46.1 Å². The Bertz CT molecular complexity index is 228. The highest BCUT2D eigenvalue weighted by Crippen LogP contribution is 2.44. The lowest BCUT2D eigenvalue weighted by Crippen LogP contribution is -2.26. The van der Waals surface area contributed by atoms with E-state index in [1.54, 1.807) is 0 Å². The first kappa shape index (κ1) is 12.5. The van der Waals surface area contributed by atoms with Crippen LogP contribution in [-0.2, 0) is 4.79 Å². The lowest BCUT2D eigenvalue weighted by molar-refractivity contribution is -0.139. The molecular weight excluding hydrogens is 190 g/mol. The summed E-state index contributed by atoms with van der Waals surface area (Å²) < 4.78 is 0. The fourth-order valence-electron chi connectivity index (χ4n) is 2.82. The molecule has 3 heteroatoms. The summed E-state index contributed by atoms with van der Waals surface area (Å²) in [4.78, 5) is 10.9. The van der Waals surface area contributed by atoms with Crippen molar-refractivity contribution < 1.29 is 9.90 Å². The molecule has 0 aromatic carbocycles. The second kappa shape index (κ2) is 4.97. The first-order chi connectivity index (χ1) is 6.97. The number of nitrogens with two attached hydrogens (primary N) is 1. The lowest BCUT2D eigenvalue weighted by Gasteiger charge is -2.28. The summed E-state index contributed by atoms with van der Waals surface area (Å²) in [5.41, 5.74) is 5.84. The summed E-state index contributed by atoms with van der Waals surface area (Å²) in [6.45, 7) is 6.50. The van der Waals surface area contributed by atoms with E-state index in [9.17, 15) is 4.79 Å². The van der Waals surface area contributed by atoms with Crippen LogP contribution in [0.5, 0.6) is 0 Å². The van der Waals surface area contributed by atoms with Gasteiger partial charge in [-0.05, 0) is 30.1 Å². The molecule has 1 fully saturated rings. The molecule has 0 amide bonds.